The van der Waals surface area contributed by atoms with Gasteiger partial charge in [-0.1, -0.05) is 52.0 Å². The Morgan fingerprint density at radius 2 is 2.03 bits per heavy atom. The van der Waals surface area contributed by atoms with Crippen molar-refractivity contribution in [2.45, 2.75) is 116 Å². The van der Waals surface area contributed by atoms with E-state index in [4.69, 9.17) is 25.8 Å². The van der Waals surface area contributed by atoms with Crippen LogP contribution in [0.1, 0.15) is 73.6 Å². The van der Waals surface area contributed by atoms with Crippen LogP contribution in [-0.4, -0.2) is 75.4 Å². The maximum Gasteiger partial charge on any atom is 0.321 e. The summed E-state index contributed by atoms with van der Waals surface area (Å²) in [7, 11) is 0. The molecule has 8 nitrogen and oxygen atoms in total. The number of ether oxygens (including phenoxy) is 3. The molecule has 1 saturated heterocycles. The van der Waals surface area contributed by atoms with Crippen LogP contribution < -0.4 is 0 Å². The van der Waals surface area contributed by atoms with E-state index in [1.807, 2.05) is 39.8 Å². The van der Waals surface area contributed by atoms with E-state index in [1.54, 1.807) is 12.2 Å². The third-order valence-electron chi connectivity index (χ3n) is 7.71. The van der Waals surface area contributed by atoms with Gasteiger partial charge in [-0.2, -0.15) is 0 Å². The van der Waals surface area contributed by atoms with Crippen molar-refractivity contribution in [3.8, 4) is 0 Å². The van der Waals surface area contributed by atoms with Gasteiger partial charge in [0.15, 0.2) is 0 Å². The number of carbonyl (C=O) groups is 2. The molecule has 0 aromatic heterocycles. The van der Waals surface area contributed by atoms with E-state index >= 15 is 0 Å². The van der Waals surface area contributed by atoms with Crippen LogP contribution in [0.3, 0.4) is 0 Å². The Bertz CT molecular complexity index is 897. The second-order valence-electron chi connectivity index (χ2n) is 11.4. The molecular weight excluding hydrogens is 524 g/mol. The largest absolute Gasteiger partial charge is 0.457 e. The molecule has 0 spiro atoms. The molecule has 9 heteroatoms. The quantitative estimate of drug-likeness (QED) is 0.117. The van der Waals surface area contributed by atoms with Crippen molar-refractivity contribution in [1.29, 1.82) is 0 Å². The molecule has 222 valence electrons. The van der Waals surface area contributed by atoms with Crippen LogP contribution >= 0.6 is 11.6 Å². The fourth-order valence-electron chi connectivity index (χ4n) is 4.96. The van der Waals surface area contributed by atoms with Gasteiger partial charge in [-0.05, 0) is 57.1 Å². The van der Waals surface area contributed by atoms with E-state index in [2.05, 4.69) is 13.0 Å². The normalized spacial score (nSPS) is 35.7. The number of allylic oxidation sites excluding steroid dienone is 3. The van der Waals surface area contributed by atoms with Crippen LogP contribution in [0.4, 0.5) is 0 Å². The monoisotopic (exact) mass is 570 g/mol. The van der Waals surface area contributed by atoms with Crippen LogP contribution in [0.15, 0.2) is 36.0 Å². The fraction of sp³-hybridized carbons (Fsp3) is 0.733. The minimum absolute atomic E-state index is 0.0972. The van der Waals surface area contributed by atoms with E-state index in [0.717, 1.165) is 12.0 Å². The smallest absolute Gasteiger partial charge is 0.321 e. The van der Waals surface area contributed by atoms with Crippen molar-refractivity contribution in [2.75, 3.05) is 5.88 Å². The molecule has 0 amide bonds. The highest BCUT2D eigenvalue weighted by atomic mass is 35.5. The Labute approximate surface area is 238 Å². The third-order valence-corrected chi connectivity index (χ3v) is 7.93. The number of aliphatic hydroxyl groups is 3. The maximum absolute atomic E-state index is 12.6. The summed E-state index contributed by atoms with van der Waals surface area (Å²) < 4.78 is 17.0. The predicted molar refractivity (Wildman–Crippen MR) is 150 cm³/mol. The van der Waals surface area contributed by atoms with E-state index in [0.29, 0.717) is 6.42 Å². The summed E-state index contributed by atoms with van der Waals surface area (Å²) >= 11 is 5.61. The topological polar surface area (TPSA) is 126 Å². The molecule has 0 bridgehead atoms. The Hall–Kier alpha value is -1.71. The summed E-state index contributed by atoms with van der Waals surface area (Å²) in [5.74, 6) is -1.48. The molecule has 10 atom stereocenters. The molecule has 2 aliphatic heterocycles. The summed E-state index contributed by atoms with van der Waals surface area (Å²) in [6.45, 7) is 11.4. The minimum atomic E-state index is -1.46. The first-order chi connectivity index (χ1) is 18.3. The molecule has 2 rings (SSSR count). The van der Waals surface area contributed by atoms with Crippen LogP contribution in [0.5, 0.6) is 0 Å². The zero-order valence-corrected chi connectivity index (χ0v) is 24.8. The first kappa shape index (κ1) is 33.5. The summed E-state index contributed by atoms with van der Waals surface area (Å²) in [6.07, 6.45) is 8.15. The molecule has 2 heterocycles. The standard InChI is InChI=1S/C30H47ClO8/c1-7-23(33)21(5)29-24(37-29)15-18(2)9-8-10-19(3)28-20(4)11-12-25(38-27(35)17-31)30(6,36)14-13-22(32)16-26(34)39-28/h8-12,18,20-25,28-29,32-33,36H,7,13-17H2,1-6H3/b9-8+,12-11-,19-10+. The number of carbonyl (C=O) groups excluding carboxylic acids is 2. The van der Waals surface area contributed by atoms with E-state index < -0.39 is 35.9 Å². The lowest BCUT2D eigenvalue weighted by Crippen LogP contribution is -2.42. The van der Waals surface area contributed by atoms with E-state index in [-0.39, 0.29) is 61.2 Å². The fourth-order valence-corrected chi connectivity index (χ4v) is 5.02. The second-order valence-corrected chi connectivity index (χ2v) is 11.7. The Kier molecular flexibility index (Phi) is 13.2. The summed E-state index contributed by atoms with van der Waals surface area (Å²) in [5.41, 5.74) is -0.658. The van der Waals surface area contributed by atoms with Gasteiger partial charge in [-0.25, -0.2) is 0 Å². The number of hydrogen-bond donors (Lipinski definition) is 3. The predicted octanol–water partition coefficient (Wildman–Crippen LogP) is 4.24. The highest BCUT2D eigenvalue weighted by Gasteiger charge is 2.45. The van der Waals surface area contributed by atoms with Gasteiger partial charge in [0.05, 0.1) is 30.8 Å². The Balaban J connectivity index is 2.14. The SMILES string of the molecule is CCC(O)C(C)C1OC1CC(C)/C=C/C=C(\C)C1OC(=O)CC(O)CCC(C)(O)C(OC(=O)CCl)/C=C\C1C. The number of esters is 2. The van der Waals surface area contributed by atoms with Gasteiger partial charge in [-0.15, -0.1) is 11.6 Å². The maximum atomic E-state index is 12.6. The van der Waals surface area contributed by atoms with Gasteiger partial charge in [0.1, 0.15) is 23.7 Å². The van der Waals surface area contributed by atoms with Crippen molar-refractivity contribution in [3.63, 3.8) is 0 Å². The van der Waals surface area contributed by atoms with Crippen molar-refractivity contribution >= 4 is 23.5 Å². The van der Waals surface area contributed by atoms with Gasteiger partial charge in [0.25, 0.3) is 0 Å². The van der Waals surface area contributed by atoms with Crippen molar-refractivity contribution in [2.24, 2.45) is 17.8 Å². The molecule has 0 saturated carbocycles. The van der Waals surface area contributed by atoms with Crippen LogP contribution in [-0.2, 0) is 23.8 Å². The Morgan fingerprint density at radius 1 is 1.33 bits per heavy atom. The van der Waals surface area contributed by atoms with Crippen LogP contribution in [0, 0.1) is 17.8 Å². The second kappa shape index (κ2) is 15.3. The van der Waals surface area contributed by atoms with Crippen molar-refractivity contribution in [1.82, 2.24) is 0 Å². The average Bonchev–Trinajstić information content (AvgIpc) is 3.65. The van der Waals surface area contributed by atoms with Gasteiger partial charge >= 0.3 is 11.9 Å². The molecule has 39 heavy (non-hydrogen) atoms. The summed E-state index contributed by atoms with van der Waals surface area (Å²) in [5, 5.41) is 31.4. The van der Waals surface area contributed by atoms with E-state index in [1.165, 1.54) is 6.92 Å². The molecular formula is C30H47ClO8. The lowest BCUT2D eigenvalue weighted by atomic mass is 9.88. The Morgan fingerprint density at radius 3 is 2.67 bits per heavy atom. The number of epoxide rings is 1. The number of rotatable bonds is 10. The summed E-state index contributed by atoms with van der Waals surface area (Å²) in [4.78, 5) is 24.5. The average molecular weight is 571 g/mol. The lowest BCUT2D eigenvalue weighted by molar-refractivity contribution is -0.156. The van der Waals surface area contributed by atoms with Gasteiger partial charge in [-0.3, -0.25) is 9.59 Å². The number of cyclic esters (lactones) is 1. The van der Waals surface area contributed by atoms with Gasteiger partial charge in [0.2, 0.25) is 0 Å². The third kappa shape index (κ3) is 10.7. The zero-order chi connectivity index (χ0) is 29.3. The van der Waals surface area contributed by atoms with Gasteiger partial charge in [0, 0.05) is 11.8 Å². The first-order valence-corrected chi connectivity index (χ1v) is 14.5. The molecule has 10 unspecified atom stereocenters. The highest BCUT2D eigenvalue weighted by molar-refractivity contribution is 6.26. The molecule has 0 aromatic rings. The molecule has 3 N–H and O–H groups in total. The lowest BCUT2D eigenvalue weighted by Gasteiger charge is -2.32. The molecule has 0 aliphatic carbocycles. The zero-order valence-electron chi connectivity index (χ0n) is 24.1. The number of halogens is 1. The number of aliphatic hydroxyl groups excluding tert-OH is 2. The van der Waals surface area contributed by atoms with Crippen LogP contribution in [0.2, 0.25) is 0 Å². The van der Waals surface area contributed by atoms with Crippen molar-refractivity contribution < 1.29 is 39.1 Å². The summed E-state index contributed by atoms with van der Waals surface area (Å²) in [6, 6.07) is 0. The molecule has 0 aromatic carbocycles. The molecule has 1 fully saturated rings. The molecule has 0 radical (unpaired) electrons. The van der Waals surface area contributed by atoms with Crippen molar-refractivity contribution in [3.05, 3.63) is 36.0 Å². The number of alkyl halides is 1. The van der Waals surface area contributed by atoms with E-state index in [9.17, 15) is 24.9 Å². The van der Waals surface area contributed by atoms with Crippen LogP contribution in [0.25, 0.3) is 0 Å². The van der Waals surface area contributed by atoms with Gasteiger partial charge < -0.3 is 29.5 Å². The number of hydrogen-bond acceptors (Lipinski definition) is 8. The molecule has 2 aliphatic rings. The highest BCUT2D eigenvalue weighted by Crippen LogP contribution is 2.36. The minimum Gasteiger partial charge on any atom is -0.457 e. The first-order valence-electron chi connectivity index (χ1n) is 14.0.